The highest BCUT2D eigenvalue weighted by Crippen LogP contribution is 2.28. The van der Waals surface area contributed by atoms with Gasteiger partial charge in [0.15, 0.2) is 0 Å². The van der Waals surface area contributed by atoms with E-state index >= 15 is 0 Å². The number of aryl methyl sites for hydroxylation is 1. The van der Waals surface area contributed by atoms with Crippen LogP contribution in [0.3, 0.4) is 0 Å². The van der Waals surface area contributed by atoms with Gasteiger partial charge in [-0.2, -0.15) is 0 Å². The average molecular weight is 502 g/mol. The highest BCUT2D eigenvalue weighted by atomic mass is 35.5. The van der Waals surface area contributed by atoms with Crippen LogP contribution in [0.25, 0.3) is 0 Å². The Balaban J connectivity index is 0.00000167. The minimum atomic E-state index is -0.199. The van der Waals surface area contributed by atoms with E-state index in [2.05, 4.69) is 53.1 Å². The van der Waals surface area contributed by atoms with Crippen molar-refractivity contribution >= 4 is 17.4 Å². The molecule has 1 aromatic heterocycles. The average Bonchev–Trinajstić information content (AvgIpc) is 2.87. The molecule has 0 aliphatic carbocycles. The van der Waals surface area contributed by atoms with Crippen molar-refractivity contribution in [2.75, 3.05) is 44.7 Å². The van der Waals surface area contributed by atoms with Crippen molar-refractivity contribution in [3.05, 3.63) is 71.2 Å². The summed E-state index contributed by atoms with van der Waals surface area (Å²) in [4.78, 5) is 12.4. The Morgan fingerprint density at radius 1 is 1.14 bits per heavy atom. The van der Waals surface area contributed by atoms with E-state index in [9.17, 15) is 4.39 Å². The van der Waals surface area contributed by atoms with Crippen molar-refractivity contribution in [2.45, 2.75) is 58.3 Å². The minimum Gasteiger partial charge on any atom is -0.354 e. The van der Waals surface area contributed by atoms with Gasteiger partial charge in [-0.3, -0.25) is 9.80 Å². The van der Waals surface area contributed by atoms with Crippen molar-refractivity contribution in [3.8, 4) is 0 Å². The van der Waals surface area contributed by atoms with Crippen LogP contribution in [0.5, 0.6) is 0 Å². The van der Waals surface area contributed by atoms with Crippen LogP contribution in [-0.2, 0) is 13.1 Å². The fraction of sp³-hybridized carbons (Fsp3) is 0.536. The molecule has 1 N–H and O–H groups in total. The Bertz CT molecular complexity index is 947. The molecule has 5 nitrogen and oxygen atoms in total. The second kappa shape index (κ2) is 13.4. The van der Waals surface area contributed by atoms with E-state index in [4.69, 9.17) is 16.6 Å². The van der Waals surface area contributed by atoms with E-state index in [-0.39, 0.29) is 5.82 Å². The zero-order valence-corrected chi connectivity index (χ0v) is 22.3. The molecule has 0 saturated carbocycles. The summed E-state index contributed by atoms with van der Waals surface area (Å²) in [5.74, 6) is 0.933. The number of piperazine rings is 1. The van der Waals surface area contributed by atoms with Gasteiger partial charge in [-0.25, -0.2) is 9.37 Å². The standard InChI is InChI=1S/C26H37ClFN5.C2H4/c1-4-23-18-32(26-19(2)13-20(15-29-3)16-30-26)11-12-33(23)24-7-9-31(10-8-24)17-21-5-6-22(27)14-25(21)28;1-2/h5-6,13-14,16,23-24,29H,4,7-12,15,17-18H2,1-3H3;1-2H2. The molecule has 192 valence electrons. The highest BCUT2D eigenvalue weighted by Gasteiger charge is 2.33. The highest BCUT2D eigenvalue weighted by molar-refractivity contribution is 6.30. The molecule has 1 aromatic carbocycles. The number of halogens is 2. The number of nitrogens with zero attached hydrogens (tertiary/aromatic N) is 4. The van der Waals surface area contributed by atoms with Gasteiger partial charge >= 0.3 is 0 Å². The van der Waals surface area contributed by atoms with Gasteiger partial charge in [-0.15, -0.1) is 13.2 Å². The van der Waals surface area contributed by atoms with Gasteiger partial charge in [-0.05, 0) is 75.6 Å². The first kappa shape index (κ1) is 27.6. The number of pyridine rings is 1. The van der Waals surface area contributed by atoms with Crippen molar-refractivity contribution in [1.82, 2.24) is 20.1 Å². The van der Waals surface area contributed by atoms with Crippen LogP contribution >= 0.6 is 11.6 Å². The van der Waals surface area contributed by atoms with Crippen LogP contribution in [0.1, 0.15) is 42.9 Å². The van der Waals surface area contributed by atoms with Gasteiger partial charge in [0, 0.05) is 61.6 Å². The van der Waals surface area contributed by atoms with Crippen LogP contribution in [0.4, 0.5) is 10.2 Å². The number of piperidine rings is 1. The Morgan fingerprint density at radius 2 is 1.89 bits per heavy atom. The van der Waals surface area contributed by atoms with Crippen LogP contribution < -0.4 is 10.2 Å². The fourth-order valence-electron chi connectivity index (χ4n) is 5.46. The molecule has 0 bridgehead atoms. The van der Waals surface area contributed by atoms with E-state index in [0.717, 1.165) is 69.9 Å². The van der Waals surface area contributed by atoms with Gasteiger partial charge in [-0.1, -0.05) is 24.6 Å². The smallest absolute Gasteiger partial charge is 0.131 e. The van der Waals surface area contributed by atoms with Gasteiger partial charge in [0.05, 0.1) is 0 Å². The normalized spacial score (nSPS) is 19.9. The molecule has 1 atom stereocenters. The van der Waals surface area contributed by atoms with Crippen molar-refractivity contribution in [1.29, 1.82) is 0 Å². The first-order chi connectivity index (χ1) is 17.0. The van der Waals surface area contributed by atoms with E-state index in [1.54, 1.807) is 6.07 Å². The monoisotopic (exact) mass is 501 g/mol. The quantitative estimate of drug-likeness (QED) is 0.523. The topological polar surface area (TPSA) is 34.6 Å². The van der Waals surface area contributed by atoms with Crippen LogP contribution in [-0.4, -0.2) is 66.6 Å². The minimum absolute atomic E-state index is 0.199. The predicted molar refractivity (Wildman–Crippen MR) is 146 cm³/mol. The zero-order chi connectivity index (χ0) is 25.4. The lowest BCUT2D eigenvalue weighted by atomic mass is 9.97. The van der Waals surface area contributed by atoms with Crippen molar-refractivity contribution < 1.29 is 4.39 Å². The van der Waals surface area contributed by atoms with Crippen LogP contribution in [0.15, 0.2) is 43.6 Å². The first-order valence-electron chi connectivity index (χ1n) is 12.8. The maximum atomic E-state index is 14.2. The van der Waals surface area contributed by atoms with Crippen LogP contribution in [0, 0.1) is 12.7 Å². The number of anilines is 1. The zero-order valence-electron chi connectivity index (χ0n) is 21.6. The largest absolute Gasteiger partial charge is 0.354 e. The first-order valence-corrected chi connectivity index (χ1v) is 13.1. The summed E-state index contributed by atoms with van der Waals surface area (Å²) in [6.07, 6.45) is 5.43. The molecular weight excluding hydrogens is 461 g/mol. The number of rotatable bonds is 7. The number of nitrogens with one attached hydrogen (secondary N) is 1. The molecule has 0 spiro atoms. The lowest BCUT2D eigenvalue weighted by Gasteiger charge is -2.48. The lowest BCUT2D eigenvalue weighted by molar-refractivity contribution is 0.0607. The molecule has 2 aliphatic heterocycles. The summed E-state index contributed by atoms with van der Waals surface area (Å²) < 4.78 is 14.2. The van der Waals surface area contributed by atoms with E-state index in [1.807, 2.05) is 19.3 Å². The van der Waals surface area contributed by atoms with E-state index in [0.29, 0.717) is 23.7 Å². The second-order valence-corrected chi connectivity index (χ2v) is 9.94. The lowest BCUT2D eigenvalue weighted by Crippen LogP contribution is -2.58. The molecule has 0 amide bonds. The number of likely N-dealkylation sites (tertiary alicyclic amines) is 1. The Hall–Kier alpha value is -1.99. The predicted octanol–water partition coefficient (Wildman–Crippen LogP) is 5.27. The third-order valence-electron chi connectivity index (χ3n) is 7.22. The maximum absolute atomic E-state index is 14.2. The summed E-state index contributed by atoms with van der Waals surface area (Å²) in [6, 6.07) is 8.42. The summed E-state index contributed by atoms with van der Waals surface area (Å²) in [7, 11) is 1.97. The van der Waals surface area contributed by atoms with Gasteiger partial charge in [0.1, 0.15) is 11.6 Å². The van der Waals surface area contributed by atoms with Gasteiger partial charge in [0.25, 0.3) is 0 Å². The SMILES string of the molecule is C=C.CCC1CN(c2ncc(CNC)cc2C)CCN1C1CCN(Cc2ccc(Cl)cc2F)CC1. The van der Waals surface area contributed by atoms with Crippen LogP contribution in [0.2, 0.25) is 5.02 Å². The third kappa shape index (κ3) is 7.04. The molecule has 1 unspecified atom stereocenters. The summed E-state index contributed by atoms with van der Waals surface area (Å²) in [5, 5.41) is 3.66. The summed E-state index contributed by atoms with van der Waals surface area (Å²) >= 11 is 5.90. The maximum Gasteiger partial charge on any atom is 0.131 e. The number of benzene rings is 1. The molecule has 7 heteroatoms. The van der Waals surface area contributed by atoms with Crippen molar-refractivity contribution in [3.63, 3.8) is 0 Å². The molecule has 35 heavy (non-hydrogen) atoms. The molecule has 2 aromatic rings. The second-order valence-electron chi connectivity index (χ2n) is 9.50. The molecule has 3 heterocycles. The molecular formula is C28H41ClFN5. The van der Waals surface area contributed by atoms with Gasteiger partial charge in [0.2, 0.25) is 0 Å². The molecule has 2 saturated heterocycles. The van der Waals surface area contributed by atoms with Crippen molar-refractivity contribution in [2.24, 2.45) is 0 Å². The Labute approximate surface area is 216 Å². The van der Waals surface area contributed by atoms with Gasteiger partial charge < -0.3 is 10.2 Å². The molecule has 0 radical (unpaired) electrons. The third-order valence-corrected chi connectivity index (χ3v) is 7.46. The fourth-order valence-corrected chi connectivity index (χ4v) is 5.62. The molecule has 4 rings (SSSR count). The Kier molecular flexibility index (Phi) is 10.5. The Morgan fingerprint density at radius 3 is 2.51 bits per heavy atom. The summed E-state index contributed by atoms with van der Waals surface area (Å²) in [5.41, 5.74) is 3.23. The number of aromatic nitrogens is 1. The molecule has 2 aliphatic rings. The number of hydrogen-bond donors (Lipinski definition) is 1. The number of hydrogen-bond acceptors (Lipinski definition) is 5. The van der Waals surface area contributed by atoms with E-state index < -0.39 is 0 Å². The van der Waals surface area contributed by atoms with E-state index in [1.165, 1.54) is 17.2 Å². The molecule has 2 fully saturated rings. The summed E-state index contributed by atoms with van der Waals surface area (Å²) in [6.45, 7) is 17.1.